The predicted octanol–water partition coefficient (Wildman–Crippen LogP) is 3.66. The first-order chi connectivity index (χ1) is 11.2. The molecule has 2 aromatic carbocycles. The largest absolute Gasteiger partial charge is 0.479 e. The minimum atomic E-state index is -0.167. The first-order valence-corrected chi connectivity index (χ1v) is 7.48. The molecule has 0 aliphatic heterocycles. The number of hydrogen-bond acceptors (Lipinski definition) is 3. The highest BCUT2D eigenvalue weighted by Crippen LogP contribution is 2.30. The third-order valence-electron chi connectivity index (χ3n) is 3.87. The van der Waals surface area contributed by atoms with Gasteiger partial charge < -0.3 is 9.72 Å². The van der Waals surface area contributed by atoms with Crippen molar-refractivity contribution in [2.75, 3.05) is 6.61 Å². The van der Waals surface area contributed by atoms with Gasteiger partial charge in [0.05, 0.1) is 5.39 Å². The standard InChI is InChI=1S/C19H16N2O2/c1-2-13-5-3-4-6-15(13)18-12-21-19(22)17-11-14(23-10-9-20)7-8-16(17)18/h3-8,11-12H,2,10H2,1H3,(H,21,22). The minimum absolute atomic E-state index is 0.0399. The predicted molar refractivity (Wildman–Crippen MR) is 90.5 cm³/mol. The molecule has 0 spiro atoms. The normalized spacial score (nSPS) is 10.4. The highest BCUT2D eigenvalue weighted by atomic mass is 16.5. The molecule has 0 fully saturated rings. The number of rotatable bonds is 4. The zero-order valence-electron chi connectivity index (χ0n) is 12.8. The van der Waals surface area contributed by atoms with E-state index < -0.39 is 0 Å². The van der Waals surface area contributed by atoms with Crippen molar-refractivity contribution in [3.63, 3.8) is 0 Å². The second-order valence-electron chi connectivity index (χ2n) is 5.20. The van der Waals surface area contributed by atoms with Crippen molar-refractivity contribution in [1.82, 2.24) is 4.98 Å². The lowest BCUT2D eigenvalue weighted by Crippen LogP contribution is -2.07. The van der Waals surface area contributed by atoms with Gasteiger partial charge in [-0.15, -0.1) is 0 Å². The average molecular weight is 304 g/mol. The van der Waals surface area contributed by atoms with Gasteiger partial charge in [0, 0.05) is 11.8 Å². The SMILES string of the molecule is CCc1ccccc1-c1c[nH]c(=O)c2cc(OCC#N)ccc12. The zero-order valence-corrected chi connectivity index (χ0v) is 12.8. The maximum atomic E-state index is 12.2. The molecule has 4 nitrogen and oxygen atoms in total. The number of aryl methyl sites for hydroxylation is 1. The fraction of sp³-hybridized carbons (Fsp3) is 0.158. The Labute approximate surface area is 134 Å². The Morgan fingerprint density at radius 1 is 1.13 bits per heavy atom. The number of nitrogens with one attached hydrogen (secondary N) is 1. The Kier molecular flexibility index (Phi) is 4.11. The first kappa shape index (κ1) is 14.9. The fourth-order valence-electron chi connectivity index (χ4n) is 2.76. The molecular weight excluding hydrogens is 288 g/mol. The smallest absolute Gasteiger partial charge is 0.255 e. The highest BCUT2D eigenvalue weighted by Gasteiger charge is 2.10. The van der Waals surface area contributed by atoms with Gasteiger partial charge >= 0.3 is 0 Å². The van der Waals surface area contributed by atoms with Crippen LogP contribution in [0.5, 0.6) is 5.75 Å². The van der Waals surface area contributed by atoms with E-state index in [4.69, 9.17) is 10.00 Å². The summed E-state index contributed by atoms with van der Waals surface area (Å²) in [5, 5.41) is 10.0. The molecule has 0 aliphatic rings. The van der Waals surface area contributed by atoms with Gasteiger partial charge in [0.25, 0.3) is 5.56 Å². The van der Waals surface area contributed by atoms with Gasteiger partial charge in [-0.25, -0.2) is 0 Å². The van der Waals surface area contributed by atoms with Gasteiger partial charge in [0.15, 0.2) is 6.61 Å². The van der Waals surface area contributed by atoms with Gasteiger partial charge in [-0.05, 0) is 41.1 Å². The molecule has 4 heteroatoms. The van der Waals surface area contributed by atoms with Crippen LogP contribution in [0.3, 0.4) is 0 Å². The molecule has 0 saturated carbocycles. The Balaban J connectivity index is 2.22. The topological polar surface area (TPSA) is 65.9 Å². The highest BCUT2D eigenvalue weighted by molar-refractivity contribution is 5.97. The van der Waals surface area contributed by atoms with Crippen LogP contribution in [0, 0.1) is 11.3 Å². The zero-order chi connectivity index (χ0) is 16.2. The van der Waals surface area contributed by atoms with E-state index in [1.807, 2.05) is 24.3 Å². The quantitative estimate of drug-likeness (QED) is 0.800. The second-order valence-corrected chi connectivity index (χ2v) is 5.20. The molecule has 0 aliphatic carbocycles. The molecule has 3 aromatic rings. The van der Waals surface area contributed by atoms with E-state index in [0.717, 1.165) is 22.9 Å². The Bertz CT molecular complexity index is 951. The minimum Gasteiger partial charge on any atom is -0.479 e. The van der Waals surface area contributed by atoms with Gasteiger partial charge in [0.1, 0.15) is 11.8 Å². The lowest BCUT2D eigenvalue weighted by Gasteiger charge is -2.11. The van der Waals surface area contributed by atoms with Crippen LogP contribution in [0.2, 0.25) is 0 Å². The summed E-state index contributed by atoms with van der Waals surface area (Å²) >= 11 is 0. The molecule has 1 N–H and O–H groups in total. The van der Waals surface area contributed by atoms with Crippen molar-refractivity contribution in [3.8, 4) is 22.9 Å². The van der Waals surface area contributed by atoms with E-state index in [1.165, 1.54) is 5.56 Å². The number of H-pyrrole nitrogens is 1. The number of fused-ring (bicyclic) bond motifs is 1. The summed E-state index contributed by atoms with van der Waals surface area (Å²) in [6.45, 7) is 2.07. The summed E-state index contributed by atoms with van der Waals surface area (Å²) in [7, 11) is 0. The molecule has 0 atom stereocenters. The van der Waals surface area contributed by atoms with Crippen molar-refractivity contribution < 1.29 is 4.74 Å². The van der Waals surface area contributed by atoms with Gasteiger partial charge in [-0.1, -0.05) is 31.2 Å². The summed E-state index contributed by atoms with van der Waals surface area (Å²) in [6, 6.07) is 15.4. The van der Waals surface area contributed by atoms with E-state index in [1.54, 1.807) is 18.3 Å². The Morgan fingerprint density at radius 3 is 2.74 bits per heavy atom. The van der Waals surface area contributed by atoms with E-state index in [0.29, 0.717) is 11.1 Å². The molecule has 0 radical (unpaired) electrons. The summed E-state index contributed by atoms with van der Waals surface area (Å²) in [5.41, 5.74) is 3.16. The molecule has 0 bridgehead atoms. The molecular formula is C19H16N2O2. The van der Waals surface area contributed by atoms with E-state index in [2.05, 4.69) is 24.0 Å². The van der Waals surface area contributed by atoms with Crippen LogP contribution in [0.15, 0.2) is 53.5 Å². The van der Waals surface area contributed by atoms with Crippen LogP contribution in [-0.4, -0.2) is 11.6 Å². The molecule has 3 rings (SSSR count). The molecule has 1 aromatic heterocycles. The van der Waals surface area contributed by atoms with Crippen LogP contribution in [-0.2, 0) is 6.42 Å². The second kappa shape index (κ2) is 6.37. The van der Waals surface area contributed by atoms with Crippen molar-refractivity contribution in [2.24, 2.45) is 0 Å². The Morgan fingerprint density at radius 2 is 1.96 bits per heavy atom. The summed E-state index contributed by atoms with van der Waals surface area (Å²) in [6.07, 6.45) is 2.68. The Hall–Kier alpha value is -3.06. The fourth-order valence-corrected chi connectivity index (χ4v) is 2.76. The lowest BCUT2D eigenvalue weighted by atomic mass is 9.95. The number of hydrogen-bond donors (Lipinski definition) is 1. The summed E-state index contributed by atoms with van der Waals surface area (Å²) in [4.78, 5) is 15.0. The third kappa shape index (κ3) is 2.82. The molecule has 0 amide bonds. The summed E-state index contributed by atoms with van der Waals surface area (Å²) < 4.78 is 5.29. The third-order valence-corrected chi connectivity index (χ3v) is 3.87. The maximum Gasteiger partial charge on any atom is 0.255 e. The van der Waals surface area contributed by atoms with E-state index in [-0.39, 0.29) is 12.2 Å². The van der Waals surface area contributed by atoms with Crippen LogP contribution < -0.4 is 10.3 Å². The lowest BCUT2D eigenvalue weighted by molar-refractivity contribution is 0.368. The molecule has 1 heterocycles. The van der Waals surface area contributed by atoms with Crippen LogP contribution in [0.4, 0.5) is 0 Å². The number of aromatic nitrogens is 1. The number of nitrogens with zero attached hydrogens (tertiary/aromatic N) is 1. The number of aromatic amines is 1. The monoisotopic (exact) mass is 304 g/mol. The van der Waals surface area contributed by atoms with Crippen LogP contribution in [0.25, 0.3) is 21.9 Å². The van der Waals surface area contributed by atoms with Crippen molar-refractivity contribution in [2.45, 2.75) is 13.3 Å². The number of ether oxygens (including phenoxy) is 1. The van der Waals surface area contributed by atoms with Crippen molar-refractivity contribution in [1.29, 1.82) is 5.26 Å². The first-order valence-electron chi connectivity index (χ1n) is 7.48. The molecule has 0 saturated heterocycles. The van der Waals surface area contributed by atoms with Gasteiger partial charge in [0.2, 0.25) is 0 Å². The van der Waals surface area contributed by atoms with Gasteiger partial charge in [-0.3, -0.25) is 4.79 Å². The van der Waals surface area contributed by atoms with E-state index in [9.17, 15) is 4.79 Å². The van der Waals surface area contributed by atoms with Crippen molar-refractivity contribution >= 4 is 10.8 Å². The average Bonchev–Trinajstić information content (AvgIpc) is 2.60. The van der Waals surface area contributed by atoms with Crippen LogP contribution >= 0.6 is 0 Å². The number of nitriles is 1. The summed E-state index contributed by atoms with van der Waals surface area (Å²) in [5.74, 6) is 0.519. The number of pyridine rings is 1. The molecule has 23 heavy (non-hydrogen) atoms. The van der Waals surface area contributed by atoms with Crippen LogP contribution in [0.1, 0.15) is 12.5 Å². The maximum absolute atomic E-state index is 12.2. The molecule has 114 valence electrons. The number of benzene rings is 2. The van der Waals surface area contributed by atoms with Gasteiger partial charge in [-0.2, -0.15) is 5.26 Å². The van der Waals surface area contributed by atoms with Crippen molar-refractivity contribution in [3.05, 3.63) is 64.6 Å². The molecule has 0 unspecified atom stereocenters. The van der Waals surface area contributed by atoms with E-state index >= 15 is 0 Å².